The predicted octanol–water partition coefficient (Wildman–Crippen LogP) is 1.46. The van der Waals surface area contributed by atoms with Gasteiger partial charge in [-0.3, -0.25) is 14.9 Å². The Labute approximate surface area is 148 Å². The molecule has 0 radical (unpaired) electrons. The first kappa shape index (κ1) is 22.7. The van der Waals surface area contributed by atoms with Crippen LogP contribution in [0.5, 0.6) is 0 Å². The van der Waals surface area contributed by atoms with Crippen molar-refractivity contribution in [2.45, 2.75) is 72.1 Å². The Hall–Kier alpha value is -2.32. The zero-order valence-corrected chi connectivity index (χ0v) is 15.9. The summed E-state index contributed by atoms with van der Waals surface area (Å²) >= 11 is 0. The second-order valence-corrected chi connectivity index (χ2v) is 7.50. The zero-order valence-electron chi connectivity index (χ0n) is 15.9. The number of alkyl carbamates (subject to hydrolysis) is 1. The van der Waals surface area contributed by atoms with E-state index in [9.17, 15) is 19.2 Å². The van der Waals surface area contributed by atoms with Gasteiger partial charge in [-0.1, -0.05) is 0 Å². The Balaban J connectivity index is 4.15. The van der Waals surface area contributed by atoms with Gasteiger partial charge in [-0.05, 0) is 48.5 Å². The smallest absolute Gasteiger partial charge is 0.407 e. The van der Waals surface area contributed by atoms with Crippen LogP contribution in [-0.2, 0) is 19.1 Å². The summed E-state index contributed by atoms with van der Waals surface area (Å²) in [4.78, 5) is 46.4. The van der Waals surface area contributed by atoms with Gasteiger partial charge in [0.05, 0.1) is 6.42 Å². The van der Waals surface area contributed by atoms with Gasteiger partial charge in [0.1, 0.15) is 5.60 Å². The summed E-state index contributed by atoms with van der Waals surface area (Å²) in [7, 11) is 0. The summed E-state index contributed by atoms with van der Waals surface area (Å²) in [5.74, 6) is -1.43. The average molecular weight is 359 g/mol. The summed E-state index contributed by atoms with van der Waals surface area (Å²) < 4.78 is 9.91. The van der Waals surface area contributed by atoms with Crippen molar-refractivity contribution in [2.24, 2.45) is 0 Å². The molecule has 0 heterocycles. The van der Waals surface area contributed by atoms with Crippen molar-refractivity contribution in [2.75, 3.05) is 6.54 Å². The van der Waals surface area contributed by atoms with Crippen molar-refractivity contribution in [3.8, 4) is 0 Å². The van der Waals surface area contributed by atoms with E-state index in [1.807, 2.05) is 0 Å². The number of hydrogen-bond donors (Lipinski definition) is 3. The molecule has 9 nitrogen and oxygen atoms in total. The molecule has 0 aromatic heterocycles. The van der Waals surface area contributed by atoms with Crippen LogP contribution in [0.4, 0.5) is 9.59 Å². The van der Waals surface area contributed by atoms with Crippen LogP contribution in [0.3, 0.4) is 0 Å². The molecule has 25 heavy (non-hydrogen) atoms. The van der Waals surface area contributed by atoms with E-state index >= 15 is 0 Å². The average Bonchev–Trinajstić information content (AvgIpc) is 2.33. The number of nitrogens with one attached hydrogen (secondary N) is 3. The lowest BCUT2D eigenvalue weighted by Gasteiger charge is -2.21. The monoisotopic (exact) mass is 359 g/mol. The van der Waals surface area contributed by atoms with Gasteiger partial charge in [0.2, 0.25) is 0 Å². The maximum atomic E-state index is 11.8. The molecule has 0 aliphatic carbocycles. The molecule has 3 N–H and O–H groups in total. The van der Waals surface area contributed by atoms with Crippen molar-refractivity contribution < 1.29 is 28.7 Å². The van der Waals surface area contributed by atoms with Gasteiger partial charge in [0.25, 0.3) is 5.91 Å². The second-order valence-electron chi connectivity index (χ2n) is 7.50. The topological polar surface area (TPSA) is 123 Å². The van der Waals surface area contributed by atoms with E-state index in [2.05, 4.69) is 16.0 Å². The van der Waals surface area contributed by atoms with Gasteiger partial charge in [-0.2, -0.15) is 0 Å². The molecule has 0 aliphatic rings. The van der Waals surface area contributed by atoms with Crippen LogP contribution < -0.4 is 16.0 Å². The highest BCUT2D eigenvalue weighted by Gasteiger charge is 2.22. The molecule has 0 aliphatic heterocycles. The Kier molecular flexibility index (Phi) is 8.38. The minimum atomic E-state index is -1.14. The Bertz CT molecular complexity index is 505. The van der Waals surface area contributed by atoms with Crippen LogP contribution in [-0.4, -0.2) is 47.8 Å². The highest BCUT2D eigenvalue weighted by Crippen LogP contribution is 2.06. The molecule has 0 aromatic rings. The highest BCUT2D eigenvalue weighted by atomic mass is 16.6. The third kappa shape index (κ3) is 12.7. The summed E-state index contributed by atoms with van der Waals surface area (Å²) in [5.41, 5.74) is -1.14. The third-order valence-electron chi connectivity index (χ3n) is 2.40. The maximum absolute atomic E-state index is 11.8. The SMILES string of the molecule is CC(OC(=O)CCNC(=O)OC(C)(C)C)C(=O)NC(=O)NC(C)(C)C. The van der Waals surface area contributed by atoms with Crippen LogP contribution in [0.25, 0.3) is 0 Å². The fourth-order valence-corrected chi connectivity index (χ4v) is 1.48. The molecular formula is C16H29N3O6. The van der Waals surface area contributed by atoms with Gasteiger partial charge in [0, 0.05) is 12.1 Å². The van der Waals surface area contributed by atoms with Gasteiger partial charge in [0.15, 0.2) is 6.10 Å². The first-order valence-electron chi connectivity index (χ1n) is 7.99. The molecule has 0 saturated carbocycles. The first-order valence-corrected chi connectivity index (χ1v) is 7.99. The fraction of sp³-hybridized carbons (Fsp3) is 0.750. The predicted molar refractivity (Wildman–Crippen MR) is 90.8 cm³/mol. The van der Waals surface area contributed by atoms with Crippen LogP contribution in [0.1, 0.15) is 54.9 Å². The Morgan fingerprint density at radius 2 is 1.56 bits per heavy atom. The van der Waals surface area contributed by atoms with Crippen LogP contribution in [0.15, 0.2) is 0 Å². The lowest BCUT2D eigenvalue weighted by Crippen LogP contribution is -2.50. The number of hydrogen-bond acceptors (Lipinski definition) is 6. The Morgan fingerprint density at radius 1 is 1.00 bits per heavy atom. The number of carbonyl (C=O) groups excluding carboxylic acids is 4. The normalized spacial score (nSPS) is 12.6. The minimum Gasteiger partial charge on any atom is -0.452 e. The van der Waals surface area contributed by atoms with E-state index in [-0.39, 0.29) is 13.0 Å². The number of ether oxygens (including phenoxy) is 2. The molecule has 0 spiro atoms. The molecule has 9 heteroatoms. The molecular weight excluding hydrogens is 330 g/mol. The lowest BCUT2D eigenvalue weighted by atomic mass is 10.1. The lowest BCUT2D eigenvalue weighted by molar-refractivity contribution is -0.154. The minimum absolute atomic E-state index is 0.00654. The molecule has 1 unspecified atom stereocenters. The van der Waals surface area contributed by atoms with Crippen molar-refractivity contribution in [1.29, 1.82) is 0 Å². The maximum Gasteiger partial charge on any atom is 0.407 e. The molecule has 4 amide bonds. The molecule has 0 rings (SSSR count). The van der Waals surface area contributed by atoms with Crippen molar-refractivity contribution in [3.05, 3.63) is 0 Å². The summed E-state index contributed by atoms with van der Waals surface area (Å²) in [6, 6.07) is -0.674. The number of rotatable bonds is 5. The molecule has 0 bridgehead atoms. The molecule has 0 saturated heterocycles. The summed E-state index contributed by atoms with van der Waals surface area (Å²) in [5, 5.41) is 7.04. The van der Waals surface area contributed by atoms with E-state index in [4.69, 9.17) is 9.47 Å². The van der Waals surface area contributed by atoms with Gasteiger partial charge in [-0.15, -0.1) is 0 Å². The van der Waals surface area contributed by atoms with Gasteiger partial charge >= 0.3 is 18.1 Å². The number of urea groups is 1. The van der Waals surface area contributed by atoms with E-state index in [0.29, 0.717) is 0 Å². The molecule has 0 fully saturated rings. The fourth-order valence-electron chi connectivity index (χ4n) is 1.48. The zero-order chi connectivity index (χ0) is 19.8. The van der Waals surface area contributed by atoms with E-state index < -0.39 is 41.2 Å². The third-order valence-corrected chi connectivity index (χ3v) is 2.40. The van der Waals surface area contributed by atoms with Crippen LogP contribution in [0.2, 0.25) is 0 Å². The largest absolute Gasteiger partial charge is 0.452 e. The van der Waals surface area contributed by atoms with Crippen LogP contribution in [0, 0.1) is 0 Å². The van der Waals surface area contributed by atoms with Gasteiger partial charge < -0.3 is 20.1 Å². The number of carbonyl (C=O) groups is 4. The van der Waals surface area contributed by atoms with Gasteiger partial charge in [-0.25, -0.2) is 9.59 Å². The summed E-state index contributed by atoms with van der Waals surface area (Å²) in [6.07, 6.45) is -1.92. The van der Waals surface area contributed by atoms with E-state index in [1.54, 1.807) is 41.5 Å². The Morgan fingerprint density at radius 3 is 2.04 bits per heavy atom. The van der Waals surface area contributed by atoms with Crippen LogP contribution >= 0.6 is 0 Å². The molecule has 1 atom stereocenters. The highest BCUT2D eigenvalue weighted by molar-refractivity contribution is 5.97. The second kappa shape index (κ2) is 9.24. The standard InChI is InChI=1S/C16H29N3O6/c1-10(12(21)18-13(22)19-15(2,3)4)24-11(20)8-9-17-14(23)25-16(5,6)7/h10H,8-9H2,1-7H3,(H,17,23)(H2,18,19,21,22). The number of imide groups is 1. The molecule has 144 valence electrons. The quantitative estimate of drug-likeness (QED) is 0.639. The summed E-state index contributed by atoms with van der Waals surface area (Å²) in [6.45, 7) is 11.8. The first-order chi connectivity index (χ1) is 11.2. The van der Waals surface area contributed by atoms with Crippen molar-refractivity contribution in [1.82, 2.24) is 16.0 Å². The molecule has 0 aromatic carbocycles. The van der Waals surface area contributed by atoms with Crippen molar-refractivity contribution in [3.63, 3.8) is 0 Å². The number of amides is 4. The van der Waals surface area contributed by atoms with E-state index in [0.717, 1.165) is 0 Å². The number of esters is 1. The van der Waals surface area contributed by atoms with E-state index in [1.165, 1.54) is 6.92 Å². The van der Waals surface area contributed by atoms with Crippen molar-refractivity contribution >= 4 is 24.0 Å².